The lowest BCUT2D eigenvalue weighted by molar-refractivity contribution is -0.105. The number of hydrogen-bond acceptors (Lipinski definition) is 6. The van der Waals surface area contributed by atoms with Crippen LogP contribution in [0.5, 0.6) is 17.4 Å². The summed E-state index contributed by atoms with van der Waals surface area (Å²) in [6, 6.07) is 12.9. The van der Waals surface area contributed by atoms with Gasteiger partial charge in [-0.1, -0.05) is 6.07 Å². The van der Waals surface area contributed by atoms with Crippen LogP contribution in [0, 0.1) is 6.92 Å². The highest BCUT2D eigenvalue weighted by Crippen LogP contribution is 2.28. The number of amides is 2. The molecule has 2 amide bonds. The van der Waals surface area contributed by atoms with Crippen LogP contribution in [-0.2, 0) is 4.79 Å². The molecule has 1 aromatic heterocycles. The molecule has 0 fully saturated rings. The van der Waals surface area contributed by atoms with Crippen molar-refractivity contribution in [1.82, 2.24) is 9.97 Å². The molecule has 1 heterocycles. The summed E-state index contributed by atoms with van der Waals surface area (Å²) >= 11 is 0. The van der Waals surface area contributed by atoms with Crippen LogP contribution in [0.25, 0.3) is 0 Å². The third kappa shape index (κ3) is 4.37. The van der Waals surface area contributed by atoms with Crippen molar-refractivity contribution in [3.8, 4) is 17.4 Å². The molecule has 3 N–H and O–H groups in total. The maximum absolute atomic E-state index is 12.4. The van der Waals surface area contributed by atoms with Crippen LogP contribution in [0.2, 0.25) is 0 Å². The number of nitrogens with zero attached hydrogens (tertiary/aromatic N) is 2. The van der Waals surface area contributed by atoms with Gasteiger partial charge in [-0.2, -0.15) is 0 Å². The van der Waals surface area contributed by atoms with Crippen molar-refractivity contribution in [3.05, 3.63) is 66.1 Å². The highest BCUT2D eigenvalue weighted by molar-refractivity contribution is 6.07. The van der Waals surface area contributed by atoms with Gasteiger partial charge in [0.15, 0.2) is 5.75 Å². The maximum Gasteiger partial charge on any atom is 0.259 e. The second-order valence-corrected chi connectivity index (χ2v) is 5.54. The Morgan fingerprint density at radius 2 is 1.93 bits per heavy atom. The molecule has 0 radical (unpaired) electrons. The van der Waals surface area contributed by atoms with E-state index in [9.17, 15) is 14.7 Å². The van der Waals surface area contributed by atoms with Crippen molar-refractivity contribution in [3.63, 3.8) is 0 Å². The molecule has 136 valence electrons. The summed E-state index contributed by atoms with van der Waals surface area (Å²) in [7, 11) is 0. The van der Waals surface area contributed by atoms with E-state index in [0.717, 1.165) is 5.69 Å². The Bertz CT molecular complexity index is 974. The van der Waals surface area contributed by atoms with E-state index in [0.29, 0.717) is 23.7 Å². The van der Waals surface area contributed by atoms with Crippen LogP contribution in [-0.4, -0.2) is 27.4 Å². The van der Waals surface area contributed by atoms with Crippen molar-refractivity contribution in [2.24, 2.45) is 0 Å². The Labute approximate surface area is 154 Å². The standard InChI is InChI=1S/C19H16N4O4/c1-12-9-17(21-10-20-12)27-14-7-5-13(6-8-14)23-19(26)15-3-2-4-16(18(15)25)22-11-24/h2-11,25H,1H3,(H,22,24)(H,23,26). The molecule has 0 aliphatic rings. The number of aryl methyl sites for hydroxylation is 1. The normalized spacial score (nSPS) is 10.1. The fourth-order valence-corrected chi connectivity index (χ4v) is 2.32. The zero-order valence-electron chi connectivity index (χ0n) is 14.3. The van der Waals surface area contributed by atoms with Gasteiger partial charge in [0.25, 0.3) is 5.91 Å². The smallest absolute Gasteiger partial charge is 0.259 e. The molecular formula is C19H16N4O4. The number of carbonyl (C=O) groups excluding carboxylic acids is 2. The fourth-order valence-electron chi connectivity index (χ4n) is 2.32. The summed E-state index contributed by atoms with van der Waals surface area (Å²) in [6.45, 7) is 1.84. The molecule has 2 aromatic carbocycles. The number of anilines is 2. The highest BCUT2D eigenvalue weighted by Gasteiger charge is 2.14. The van der Waals surface area contributed by atoms with E-state index in [1.54, 1.807) is 36.4 Å². The molecule has 0 aliphatic carbocycles. The molecule has 0 atom stereocenters. The number of para-hydroxylation sites is 1. The molecule has 0 unspecified atom stereocenters. The minimum absolute atomic E-state index is 0.0404. The summed E-state index contributed by atoms with van der Waals surface area (Å²) in [5.74, 6) is 0.151. The predicted octanol–water partition coefficient (Wildman–Crippen LogP) is 3.10. The Hall–Kier alpha value is -3.94. The van der Waals surface area contributed by atoms with E-state index in [-0.39, 0.29) is 17.0 Å². The van der Waals surface area contributed by atoms with Crippen molar-refractivity contribution in [1.29, 1.82) is 0 Å². The number of phenols is 1. The van der Waals surface area contributed by atoms with Crippen LogP contribution < -0.4 is 15.4 Å². The van der Waals surface area contributed by atoms with Crippen molar-refractivity contribution >= 4 is 23.7 Å². The van der Waals surface area contributed by atoms with Gasteiger partial charge in [-0.25, -0.2) is 9.97 Å². The van der Waals surface area contributed by atoms with Gasteiger partial charge in [-0.3, -0.25) is 9.59 Å². The van der Waals surface area contributed by atoms with Gasteiger partial charge in [0.05, 0.1) is 11.3 Å². The third-order valence-electron chi connectivity index (χ3n) is 3.61. The van der Waals surface area contributed by atoms with Crippen LogP contribution in [0.3, 0.4) is 0 Å². The van der Waals surface area contributed by atoms with Gasteiger partial charge < -0.3 is 20.5 Å². The molecule has 3 aromatic rings. The van der Waals surface area contributed by atoms with Crippen LogP contribution in [0.15, 0.2) is 54.9 Å². The number of carbonyl (C=O) groups is 2. The predicted molar refractivity (Wildman–Crippen MR) is 99.0 cm³/mol. The van der Waals surface area contributed by atoms with Crippen molar-refractivity contribution in [2.45, 2.75) is 6.92 Å². The molecular weight excluding hydrogens is 348 g/mol. The summed E-state index contributed by atoms with van der Waals surface area (Å²) < 4.78 is 5.62. The largest absolute Gasteiger partial charge is 0.505 e. The minimum Gasteiger partial charge on any atom is -0.505 e. The van der Waals surface area contributed by atoms with E-state index in [2.05, 4.69) is 20.6 Å². The summed E-state index contributed by atoms with van der Waals surface area (Å²) in [4.78, 5) is 30.9. The number of nitrogens with one attached hydrogen (secondary N) is 2. The lowest BCUT2D eigenvalue weighted by atomic mass is 10.1. The fraction of sp³-hybridized carbons (Fsp3) is 0.0526. The number of aromatic hydroxyl groups is 1. The summed E-state index contributed by atoms with van der Waals surface area (Å²) in [5.41, 5.74) is 1.49. The van der Waals surface area contributed by atoms with E-state index in [1.807, 2.05) is 6.92 Å². The first-order valence-corrected chi connectivity index (χ1v) is 7.97. The van der Waals surface area contributed by atoms with Crippen molar-refractivity contribution in [2.75, 3.05) is 10.6 Å². The lowest BCUT2D eigenvalue weighted by Gasteiger charge is -2.10. The maximum atomic E-state index is 12.4. The molecule has 0 saturated heterocycles. The molecule has 27 heavy (non-hydrogen) atoms. The molecule has 8 heteroatoms. The van der Waals surface area contributed by atoms with E-state index >= 15 is 0 Å². The first kappa shape index (κ1) is 17.9. The average molecular weight is 364 g/mol. The first-order valence-electron chi connectivity index (χ1n) is 7.97. The van der Waals surface area contributed by atoms with Gasteiger partial charge in [-0.15, -0.1) is 0 Å². The second-order valence-electron chi connectivity index (χ2n) is 5.54. The quantitative estimate of drug-likeness (QED) is 0.457. The highest BCUT2D eigenvalue weighted by atomic mass is 16.5. The van der Waals surface area contributed by atoms with E-state index in [4.69, 9.17) is 4.74 Å². The van der Waals surface area contributed by atoms with E-state index < -0.39 is 5.91 Å². The minimum atomic E-state index is -0.512. The molecule has 0 spiro atoms. The number of hydrogen-bond donors (Lipinski definition) is 3. The van der Waals surface area contributed by atoms with Crippen LogP contribution >= 0.6 is 0 Å². The molecule has 3 rings (SSSR count). The number of phenolic OH excluding ortho intramolecular Hbond substituents is 1. The summed E-state index contributed by atoms with van der Waals surface area (Å²) in [5, 5.41) is 15.1. The van der Waals surface area contributed by atoms with Gasteiger partial charge in [0.1, 0.15) is 12.1 Å². The SMILES string of the molecule is Cc1cc(Oc2ccc(NC(=O)c3cccc(NC=O)c3O)cc2)ncn1. The second kappa shape index (κ2) is 7.96. The Kier molecular flexibility index (Phi) is 5.27. The number of rotatable bonds is 6. The number of aromatic nitrogens is 2. The monoisotopic (exact) mass is 364 g/mol. The number of ether oxygens (including phenoxy) is 1. The first-order chi connectivity index (χ1) is 13.1. The van der Waals surface area contributed by atoms with Gasteiger partial charge in [0.2, 0.25) is 12.3 Å². The molecule has 0 saturated carbocycles. The van der Waals surface area contributed by atoms with Gasteiger partial charge >= 0.3 is 0 Å². The van der Waals surface area contributed by atoms with Gasteiger partial charge in [-0.05, 0) is 43.3 Å². The lowest BCUT2D eigenvalue weighted by Crippen LogP contribution is -2.12. The van der Waals surface area contributed by atoms with Crippen LogP contribution in [0.4, 0.5) is 11.4 Å². The third-order valence-corrected chi connectivity index (χ3v) is 3.61. The molecule has 8 nitrogen and oxygen atoms in total. The van der Waals surface area contributed by atoms with E-state index in [1.165, 1.54) is 18.5 Å². The number of benzene rings is 2. The molecule has 0 bridgehead atoms. The van der Waals surface area contributed by atoms with Crippen molar-refractivity contribution < 1.29 is 19.4 Å². The Morgan fingerprint density at radius 1 is 1.15 bits per heavy atom. The molecule has 0 aliphatic heterocycles. The Morgan fingerprint density at radius 3 is 2.63 bits per heavy atom. The zero-order valence-corrected chi connectivity index (χ0v) is 14.3. The zero-order chi connectivity index (χ0) is 19.2. The summed E-state index contributed by atoms with van der Waals surface area (Å²) in [6.07, 6.45) is 1.84. The average Bonchev–Trinajstić information content (AvgIpc) is 2.65. The Balaban J connectivity index is 1.70. The van der Waals surface area contributed by atoms with Crippen LogP contribution in [0.1, 0.15) is 16.1 Å². The topological polar surface area (TPSA) is 113 Å². The van der Waals surface area contributed by atoms with Gasteiger partial charge in [0, 0.05) is 17.4 Å².